The van der Waals surface area contributed by atoms with Crippen molar-refractivity contribution in [1.29, 1.82) is 0 Å². The van der Waals surface area contributed by atoms with Crippen LogP contribution < -0.4 is 9.47 Å². The van der Waals surface area contributed by atoms with Gasteiger partial charge in [-0.3, -0.25) is 9.59 Å². The third-order valence-electron chi connectivity index (χ3n) is 4.73. The lowest BCUT2D eigenvalue weighted by atomic mass is 10.0. The second kappa shape index (κ2) is 11.7. The third kappa shape index (κ3) is 6.97. The van der Waals surface area contributed by atoms with Gasteiger partial charge in [-0.05, 0) is 43.7 Å². The first-order valence-electron chi connectivity index (χ1n) is 10.3. The molecule has 0 saturated heterocycles. The van der Waals surface area contributed by atoms with E-state index in [-0.39, 0.29) is 34.1 Å². The average molecular weight is 486 g/mol. The molecule has 172 valence electrons. The molecular formula is C25H24ClNO5S. The molecule has 33 heavy (non-hydrogen) atoms. The monoisotopic (exact) mass is 485 g/mol. The number of carbonyl (C=O) groups is 2. The second-order valence-corrected chi connectivity index (χ2v) is 8.77. The number of rotatable bonds is 11. The Hall–Kier alpha value is -3.03. The van der Waals surface area contributed by atoms with E-state index in [1.54, 1.807) is 30.3 Å². The van der Waals surface area contributed by atoms with E-state index in [9.17, 15) is 9.59 Å². The number of carbonyl (C=O) groups excluding carboxylic acids is 1. The predicted octanol–water partition coefficient (Wildman–Crippen LogP) is 5.69. The lowest BCUT2D eigenvalue weighted by Crippen LogP contribution is -2.18. The van der Waals surface area contributed by atoms with Gasteiger partial charge < -0.3 is 14.6 Å². The molecule has 2 aromatic carbocycles. The van der Waals surface area contributed by atoms with Crippen molar-refractivity contribution in [3.05, 3.63) is 82.5 Å². The zero-order valence-corrected chi connectivity index (χ0v) is 19.9. The Kier molecular flexibility index (Phi) is 8.74. The number of ether oxygens (including phenoxy) is 2. The lowest BCUT2D eigenvalue weighted by molar-refractivity contribution is -0.133. The number of pyridine rings is 1. The number of aromatic nitrogens is 1. The van der Waals surface area contributed by atoms with Crippen LogP contribution in [0.5, 0.6) is 11.6 Å². The zero-order valence-electron chi connectivity index (χ0n) is 18.3. The van der Waals surface area contributed by atoms with Crippen LogP contribution in [0, 0.1) is 6.92 Å². The first-order valence-corrected chi connectivity index (χ1v) is 11.7. The molecule has 0 radical (unpaired) electrons. The molecule has 0 fully saturated rings. The Bertz CT molecular complexity index is 1120. The molecule has 1 atom stereocenters. The summed E-state index contributed by atoms with van der Waals surface area (Å²) >= 11 is 7.59. The van der Waals surface area contributed by atoms with Gasteiger partial charge in [-0.2, -0.15) is 0 Å². The van der Waals surface area contributed by atoms with Crippen molar-refractivity contribution in [2.45, 2.75) is 31.3 Å². The lowest BCUT2D eigenvalue weighted by Gasteiger charge is -2.17. The Morgan fingerprint density at radius 3 is 2.61 bits per heavy atom. The van der Waals surface area contributed by atoms with Crippen LogP contribution in [0.4, 0.5) is 0 Å². The highest BCUT2D eigenvalue weighted by atomic mass is 35.5. The summed E-state index contributed by atoms with van der Waals surface area (Å²) in [5.74, 6) is -0.193. The van der Waals surface area contributed by atoms with Crippen LogP contribution in [-0.2, 0) is 4.79 Å². The molecule has 1 N–H and O–H groups in total. The largest absolute Gasteiger partial charge is 0.493 e. The van der Waals surface area contributed by atoms with Gasteiger partial charge in [0.1, 0.15) is 17.4 Å². The predicted molar refractivity (Wildman–Crippen MR) is 129 cm³/mol. The van der Waals surface area contributed by atoms with E-state index in [4.69, 9.17) is 26.2 Å². The van der Waals surface area contributed by atoms with Crippen molar-refractivity contribution in [3.63, 3.8) is 0 Å². The van der Waals surface area contributed by atoms with Crippen molar-refractivity contribution in [1.82, 2.24) is 4.98 Å². The summed E-state index contributed by atoms with van der Waals surface area (Å²) in [6.45, 7) is 4.18. The highest BCUT2D eigenvalue weighted by Gasteiger charge is 2.21. The van der Waals surface area contributed by atoms with Crippen LogP contribution in [0.25, 0.3) is 0 Å². The second-order valence-electron chi connectivity index (χ2n) is 7.34. The molecule has 0 aliphatic heterocycles. The van der Waals surface area contributed by atoms with Gasteiger partial charge in [0.2, 0.25) is 5.88 Å². The van der Waals surface area contributed by atoms with Gasteiger partial charge in [-0.1, -0.05) is 41.9 Å². The minimum Gasteiger partial charge on any atom is -0.493 e. The Morgan fingerprint density at radius 1 is 1.15 bits per heavy atom. The molecule has 3 rings (SSSR count). The number of hydrogen-bond acceptors (Lipinski definition) is 6. The van der Waals surface area contributed by atoms with E-state index < -0.39 is 5.97 Å². The fraction of sp³-hybridized carbons (Fsp3) is 0.240. The van der Waals surface area contributed by atoms with Gasteiger partial charge >= 0.3 is 5.97 Å². The normalized spacial score (nSPS) is 11.6. The van der Waals surface area contributed by atoms with Crippen LogP contribution in [0.15, 0.2) is 65.7 Å². The topological polar surface area (TPSA) is 85.7 Å². The van der Waals surface area contributed by atoms with Gasteiger partial charge in [0.25, 0.3) is 0 Å². The summed E-state index contributed by atoms with van der Waals surface area (Å²) in [5.41, 5.74) is 1.70. The SMILES string of the molecule is Cc1cc(OCC[C@H](C)Oc2nccc(Cl)c2C(=O)c2ccccc2)ccc1SCC(=O)O. The third-order valence-corrected chi connectivity index (χ3v) is 6.21. The van der Waals surface area contributed by atoms with E-state index in [1.807, 2.05) is 38.1 Å². The van der Waals surface area contributed by atoms with Gasteiger partial charge in [-0.25, -0.2) is 4.98 Å². The van der Waals surface area contributed by atoms with Crippen molar-refractivity contribution >= 4 is 35.1 Å². The van der Waals surface area contributed by atoms with Gasteiger partial charge in [0, 0.05) is 23.1 Å². The highest BCUT2D eigenvalue weighted by Crippen LogP contribution is 2.29. The molecule has 8 heteroatoms. The first-order chi connectivity index (χ1) is 15.8. The molecule has 0 amide bonds. The van der Waals surface area contributed by atoms with E-state index >= 15 is 0 Å². The molecule has 0 aliphatic carbocycles. The number of aryl methyl sites for hydroxylation is 1. The number of thioether (sulfide) groups is 1. The van der Waals surface area contributed by atoms with Gasteiger partial charge in [0.05, 0.1) is 17.4 Å². The number of ketones is 1. The van der Waals surface area contributed by atoms with Crippen LogP contribution in [0.2, 0.25) is 5.02 Å². The number of carboxylic acids is 1. The molecule has 3 aromatic rings. The Morgan fingerprint density at radius 2 is 1.91 bits per heavy atom. The van der Waals surface area contributed by atoms with Crippen LogP contribution in [0.1, 0.15) is 34.8 Å². The van der Waals surface area contributed by atoms with Crippen molar-refractivity contribution in [2.24, 2.45) is 0 Å². The maximum Gasteiger partial charge on any atom is 0.313 e. The summed E-state index contributed by atoms with van der Waals surface area (Å²) in [4.78, 5) is 28.8. The number of aliphatic carboxylic acids is 1. The zero-order chi connectivity index (χ0) is 23.8. The fourth-order valence-corrected chi connectivity index (χ4v) is 4.01. The van der Waals surface area contributed by atoms with E-state index in [0.29, 0.717) is 24.3 Å². The molecule has 0 bridgehead atoms. The number of halogens is 1. The molecule has 0 aliphatic rings. The molecular weight excluding hydrogens is 462 g/mol. The number of nitrogens with zero attached hydrogens (tertiary/aromatic N) is 1. The molecule has 0 saturated carbocycles. The minimum absolute atomic E-state index is 0.0161. The Labute approximate surface area is 201 Å². The van der Waals surface area contributed by atoms with Crippen LogP contribution in [-0.4, -0.2) is 40.3 Å². The minimum atomic E-state index is -0.850. The maximum absolute atomic E-state index is 12.9. The smallest absolute Gasteiger partial charge is 0.313 e. The quantitative estimate of drug-likeness (QED) is 0.276. The van der Waals surface area contributed by atoms with E-state index in [1.165, 1.54) is 18.0 Å². The highest BCUT2D eigenvalue weighted by molar-refractivity contribution is 8.00. The summed E-state index contributed by atoms with van der Waals surface area (Å²) in [7, 11) is 0. The average Bonchev–Trinajstić information content (AvgIpc) is 2.79. The van der Waals surface area contributed by atoms with E-state index in [0.717, 1.165) is 10.5 Å². The summed E-state index contributed by atoms with van der Waals surface area (Å²) in [6.07, 6.45) is 1.79. The molecule has 1 aromatic heterocycles. The summed E-state index contributed by atoms with van der Waals surface area (Å²) in [6, 6.07) is 16.0. The summed E-state index contributed by atoms with van der Waals surface area (Å²) in [5, 5.41) is 9.11. The van der Waals surface area contributed by atoms with E-state index in [2.05, 4.69) is 4.98 Å². The number of hydrogen-bond donors (Lipinski definition) is 1. The number of carboxylic acid groups (broad SMARTS) is 1. The fourth-order valence-electron chi connectivity index (χ4n) is 3.05. The Balaban J connectivity index is 1.59. The van der Waals surface area contributed by atoms with Gasteiger partial charge in [-0.15, -0.1) is 11.8 Å². The first kappa shape index (κ1) is 24.6. The summed E-state index contributed by atoms with van der Waals surface area (Å²) < 4.78 is 11.8. The van der Waals surface area contributed by atoms with Crippen molar-refractivity contribution in [2.75, 3.05) is 12.4 Å². The van der Waals surface area contributed by atoms with Crippen LogP contribution in [0.3, 0.4) is 0 Å². The maximum atomic E-state index is 12.9. The standard InChI is InChI=1S/C25H24ClNO5S/c1-16-14-19(8-9-21(16)33-15-22(28)29)31-13-11-17(2)32-25-23(20(26)10-12-27-25)24(30)18-6-4-3-5-7-18/h3-10,12,14,17H,11,13,15H2,1-2H3,(H,28,29)/t17-/m0/s1. The molecule has 0 spiro atoms. The molecule has 6 nitrogen and oxygen atoms in total. The number of benzene rings is 2. The van der Waals surface area contributed by atoms with Crippen molar-refractivity contribution in [3.8, 4) is 11.6 Å². The molecule has 0 unspecified atom stereocenters. The molecule has 1 heterocycles. The van der Waals surface area contributed by atoms with Gasteiger partial charge in [0.15, 0.2) is 5.78 Å². The van der Waals surface area contributed by atoms with Crippen molar-refractivity contribution < 1.29 is 24.2 Å². The van der Waals surface area contributed by atoms with Crippen LogP contribution >= 0.6 is 23.4 Å².